The molecule has 0 bridgehead atoms. The van der Waals surface area contributed by atoms with Crippen molar-refractivity contribution in [1.82, 2.24) is 15.1 Å². The molecule has 0 aromatic carbocycles. The van der Waals surface area contributed by atoms with Gasteiger partial charge in [-0.2, -0.15) is 0 Å². The number of carbonyl (C=O) groups is 1. The van der Waals surface area contributed by atoms with Gasteiger partial charge in [0.25, 0.3) is 0 Å². The fourth-order valence-electron chi connectivity index (χ4n) is 1.26. The largest absolute Gasteiger partial charge is 0.368 e. The third-order valence-electron chi connectivity index (χ3n) is 2.42. The number of likely N-dealkylation sites (N-methyl/N-ethyl adjacent to an activating group) is 3. The molecule has 5 nitrogen and oxygen atoms in total. The van der Waals surface area contributed by atoms with Crippen molar-refractivity contribution in [2.75, 3.05) is 47.8 Å². The van der Waals surface area contributed by atoms with Gasteiger partial charge in [-0.25, -0.2) is 0 Å². The van der Waals surface area contributed by atoms with Crippen molar-refractivity contribution >= 4 is 5.91 Å². The van der Waals surface area contributed by atoms with E-state index in [0.29, 0.717) is 0 Å². The van der Waals surface area contributed by atoms with Crippen LogP contribution >= 0.6 is 0 Å². The van der Waals surface area contributed by atoms with Crippen LogP contribution in [0.25, 0.3) is 0 Å². The number of carbonyl (C=O) groups excluding carboxylic acids is 1. The highest BCUT2D eigenvalue weighted by atomic mass is 16.1. The molecule has 0 saturated heterocycles. The van der Waals surface area contributed by atoms with Crippen LogP contribution in [0, 0.1) is 0 Å². The van der Waals surface area contributed by atoms with Crippen LogP contribution in [-0.2, 0) is 4.79 Å². The number of hydrogen-bond donors (Lipinski definition) is 2. The Morgan fingerprint density at radius 3 is 2.27 bits per heavy atom. The summed E-state index contributed by atoms with van der Waals surface area (Å²) in [5.41, 5.74) is 5.23. The van der Waals surface area contributed by atoms with Gasteiger partial charge in [-0.1, -0.05) is 0 Å². The molecule has 0 spiro atoms. The van der Waals surface area contributed by atoms with Gasteiger partial charge in [0, 0.05) is 13.1 Å². The second-order valence-electron chi connectivity index (χ2n) is 4.14. The first-order valence-corrected chi connectivity index (χ1v) is 5.27. The maximum Gasteiger partial charge on any atom is 0.234 e. The topological polar surface area (TPSA) is 61.6 Å². The van der Waals surface area contributed by atoms with E-state index in [1.54, 1.807) is 7.05 Å². The Morgan fingerprint density at radius 2 is 1.87 bits per heavy atom. The summed E-state index contributed by atoms with van der Waals surface area (Å²) < 4.78 is 0. The van der Waals surface area contributed by atoms with Gasteiger partial charge in [0.2, 0.25) is 5.91 Å². The van der Waals surface area contributed by atoms with Gasteiger partial charge in [0.1, 0.15) is 0 Å². The lowest BCUT2D eigenvalue weighted by Crippen LogP contribution is -2.42. The fraction of sp³-hybridized carbons (Fsp3) is 0.900. The first-order valence-electron chi connectivity index (χ1n) is 5.27. The normalized spacial score (nSPS) is 13.5. The zero-order valence-electron chi connectivity index (χ0n) is 10.3. The maximum atomic E-state index is 10.9. The summed E-state index contributed by atoms with van der Waals surface area (Å²) in [6, 6.07) is -0.216. The zero-order valence-corrected chi connectivity index (χ0v) is 10.3. The molecule has 1 amide bonds. The van der Waals surface area contributed by atoms with Crippen LogP contribution in [0.2, 0.25) is 0 Å². The zero-order chi connectivity index (χ0) is 11.8. The second-order valence-corrected chi connectivity index (χ2v) is 4.14. The molecule has 1 unspecified atom stereocenters. The maximum absolute atomic E-state index is 10.9. The SMILES string of the molecule is CNC(CCN(C)CCN(C)C)C(N)=O. The van der Waals surface area contributed by atoms with E-state index >= 15 is 0 Å². The Balaban J connectivity index is 3.68. The van der Waals surface area contributed by atoms with Crippen molar-refractivity contribution in [1.29, 1.82) is 0 Å². The molecule has 5 heteroatoms. The fourth-order valence-corrected chi connectivity index (χ4v) is 1.26. The van der Waals surface area contributed by atoms with Crippen molar-refractivity contribution < 1.29 is 4.79 Å². The van der Waals surface area contributed by atoms with E-state index in [0.717, 1.165) is 26.1 Å². The summed E-state index contributed by atoms with van der Waals surface area (Å²) in [6.07, 6.45) is 0.760. The molecule has 15 heavy (non-hydrogen) atoms. The predicted molar refractivity (Wildman–Crippen MR) is 62.7 cm³/mol. The molecule has 0 aliphatic carbocycles. The van der Waals surface area contributed by atoms with Crippen LogP contribution in [0.5, 0.6) is 0 Å². The second kappa shape index (κ2) is 7.62. The molecule has 0 aliphatic rings. The molecule has 0 fully saturated rings. The van der Waals surface area contributed by atoms with Crippen molar-refractivity contribution in [3.05, 3.63) is 0 Å². The van der Waals surface area contributed by atoms with Gasteiger partial charge in [-0.15, -0.1) is 0 Å². The molecule has 0 aromatic rings. The molecule has 3 N–H and O–H groups in total. The van der Waals surface area contributed by atoms with Crippen LogP contribution in [0.3, 0.4) is 0 Å². The minimum absolute atomic E-state index is 0.216. The monoisotopic (exact) mass is 216 g/mol. The molecule has 1 atom stereocenters. The summed E-state index contributed by atoms with van der Waals surface area (Å²) in [5.74, 6) is -0.279. The van der Waals surface area contributed by atoms with Crippen molar-refractivity contribution in [2.45, 2.75) is 12.5 Å². The quantitative estimate of drug-likeness (QED) is 0.543. The summed E-state index contributed by atoms with van der Waals surface area (Å²) in [7, 11) is 7.91. The van der Waals surface area contributed by atoms with Gasteiger partial charge in [0.15, 0.2) is 0 Å². The van der Waals surface area contributed by atoms with Crippen molar-refractivity contribution in [2.24, 2.45) is 5.73 Å². The van der Waals surface area contributed by atoms with E-state index in [4.69, 9.17) is 5.73 Å². The van der Waals surface area contributed by atoms with Gasteiger partial charge in [-0.3, -0.25) is 4.79 Å². The van der Waals surface area contributed by atoms with E-state index in [9.17, 15) is 4.79 Å². The van der Waals surface area contributed by atoms with Gasteiger partial charge in [0.05, 0.1) is 6.04 Å². The highest BCUT2D eigenvalue weighted by Crippen LogP contribution is 1.94. The molecular formula is C10H24N4O. The van der Waals surface area contributed by atoms with Gasteiger partial charge >= 0.3 is 0 Å². The number of nitrogens with two attached hydrogens (primary N) is 1. The Hall–Kier alpha value is -0.650. The summed E-state index contributed by atoms with van der Waals surface area (Å²) in [5, 5.41) is 2.91. The number of nitrogens with zero attached hydrogens (tertiary/aromatic N) is 2. The lowest BCUT2D eigenvalue weighted by Gasteiger charge is -2.21. The summed E-state index contributed by atoms with van der Waals surface area (Å²) in [4.78, 5) is 15.3. The van der Waals surface area contributed by atoms with E-state index in [-0.39, 0.29) is 11.9 Å². The van der Waals surface area contributed by atoms with Crippen LogP contribution < -0.4 is 11.1 Å². The number of hydrogen-bond acceptors (Lipinski definition) is 4. The first kappa shape index (κ1) is 14.3. The highest BCUT2D eigenvalue weighted by Gasteiger charge is 2.12. The van der Waals surface area contributed by atoms with Crippen molar-refractivity contribution in [3.8, 4) is 0 Å². The predicted octanol–water partition coefficient (Wildman–Crippen LogP) is -1.06. The summed E-state index contributed by atoms with van der Waals surface area (Å²) >= 11 is 0. The molecule has 0 rings (SSSR count). The summed E-state index contributed by atoms with van der Waals surface area (Å²) in [6.45, 7) is 2.90. The van der Waals surface area contributed by atoms with Gasteiger partial charge < -0.3 is 20.9 Å². The van der Waals surface area contributed by atoms with Crippen LogP contribution in [0.1, 0.15) is 6.42 Å². The number of primary amides is 1. The van der Waals surface area contributed by atoms with E-state index in [2.05, 4.69) is 22.2 Å². The third kappa shape index (κ3) is 7.30. The Bertz CT molecular complexity index is 184. The van der Waals surface area contributed by atoms with Crippen molar-refractivity contribution in [3.63, 3.8) is 0 Å². The molecule has 0 heterocycles. The first-order chi connectivity index (χ1) is 6.97. The molecule has 0 aliphatic heterocycles. The molecule has 90 valence electrons. The number of amides is 1. The minimum atomic E-state index is -0.279. The Morgan fingerprint density at radius 1 is 1.27 bits per heavy atom. The third-order valence-corrected chi connectivity index (χ3v) is 2.42. The number of rotatable bonds is 8. The standard InChI is InChI=1S/C10H24N4O/c1-12-9(10(11)15)5-6-14(4)8-7-13(2)3/h9,12H,5-8H2,1-4H3,(H2,11,15). The van der Waals surface area contributed by atoms with E-state index < -0.39 is 0 Å². The van der Waals surface area contributed by atoms with Crippen LogP contribution in [0.15, 0.2) is 0 Å². The van der Waals surface area contributed by atoms with E-state index in [1.165, 1.54) is 0 Å². The lowest BCUT2D eigenvalue weighted by molar-refractivity contribution is -0.120. The average molecular weight is 216 g/mol. The smallest absolute Gasteiger partial charge is 0.234 e. The minimum Gasteiger partial charge on any atom is -0.368 e. The van der Waals surface area contributed by atoms with Gasteiger partial charge in [-0.05, 0) is 41.2 Å². The Labute approximate surface area is 92.6 Å². The molecule has 0 radical (unpaired) electrons. The average Bonchev–Trinajstić information content (AvgIpc) is 2.15. The number of nitrogens with one attached hydrogen (secondary N) is 1. The lowest BCUT2D eigenvalue weighted by atomic mass is 10.2. The van der Waals surface area contributed by atoms with Crippen LogP contribution in [0.4, 0.5) is 0 Å². The molecule has 0 aromatic heterocycles. The van der Waals surface area contributed by atoms with E-state index in [1.807, 2.05) is 14.1 Å². The highest BCUT2D eigenvalue weighted by molar-refractivity contribution is 5.79. The Kier molecular flexibility index (Phi) is 7.29. The molecular weight excluding hydrogens is 192 g/mol. The molecule has 0 saturated carbocycles. The van der Waals surface area contributed by atoms with Crippen LogP contribution in [-0.4, -0.2) is 69.6 Å².